The van der Waals surface area contributed by atoms with Crippen LogP contribution in [-0.2, 0) is 14.2 Å². The molecule has 28 heavy (non-hydrogen) atoms. The van der Waals surface area contributed by atoms with Crippen LogP contribution in [0.1, 0.15) is 53.2 Å². The first-order valence-corrected chi connectivity index (χ1v) is 9.26. The molecule has 150 valence electrons. The summed E-state index contributed by atoms with van der Waals surface area (Å²) >= 11 is 0. The fraction of sp³-hybridized carbons (Fsp3) is 0.476. The van der Waals surface area contributed by atoms with Gasteiger partial charge in [0.1, 0.15) is 11.5 Å². The number of aromatic nitrogens is 1. The maximum Gasteiger partial charge on any atom is 0.357 e. The van der Waals surface area contributed by atoms with Gasteiger partial charge in [0.25, 0.3) is 5.91 Å². The van der Waals surface area contributed by atoms with Crippen molar-refractivity contribution in [3.63, 3.8) is 0 Å². The predicted octanol–water partition coefficient (Wildman–Crippen LogP) is 2.94. The Balaban J connectivity index is 1.99. The van der Waals surface area contributed by atoms with E-state index in [0.29, 0.717) is 29.5 Å². The Morgan fingerprint density at radius 1 is 1.18 bits per heavy atom. The Labute approximate surface area is 164 Å². The second-order valence-electron chi connectivity index (χ2n) is 7.52. The number of carbonyl (C=O) groups is 2. The van der Waals surface area contributed by atoms with E-state index in [2.05, 4.69) is 10.3 Å². The topological polar surface area (TPSA) is 86.8 Å². The third kappa shape index (κ3) is 3.61. The molecular formula is C21H26N2O5. The van der Waals surface area contributed by atoms with Gasteiger partial charge in [0, 0.05) is 12.1 Å². The predicted molar refractivity (Wildman–Crippen MR) is 103 cm³/mol. The Morgan fingerprint density at radius 2 is 1.89 bits per heavy atom. The SMILES string of the molecule is COC(=O)c1nc(C(=O)NCC2CC2)ccc1C1=CC(OC)=C(OC)C1(C)C. The van der Waals surface area contributed by atoms with E-state index in [1.165, 1.54) is 7.11 Å². The number of nitrogens with zero attached hydrogens (tertiary/aromatic N) is 1. The lowest BCUT2D eigenvalue weighted by Gasteiger charge is -2.26. The van der Waals surface area contributed by atoms with E-state index in [9.17, 15) is 9.59 Å². The minimum atomic E-state index is -0.603. The van der Waals surface area contributed by atoms with Crippen molar-refractivity contribution in [3.05, 3.63) is 46.7 Å². The number of hydrogen-bond donors (Lipinski definition) is 1. The molecule has 7 nitrogen and oxygen atoms in total. The van der Waals surface area contributed by atoms with E-state index in [1.807, 2.05) is 19.9 Å². The first-order valence-electron chi connectivity index (χ1n) is 9.26. The highest BCUT2D eigenvalue weighted by Crippen LogP contribution is 2.48. The number of esters is 1. The molecule has 0 saturated heterocycles. The van der Waals surface area contributed by atoms with Gasteiger partial charge in [-0.1, -0.05) is 0 Å². The molecule has 0 atom stereocenters. The first kappa shape index (κ1) is 19.9. The number of ether oxygens (including phenoxy) is 3. The normalized spacial score (nSPS) is 17.8. The van der Waals surface area contributed by atoms with Crippen LogP contribution in [-0.4, -0.2) is 44.7 Å². The molecule has 0 radical (unpaired) electrons. The highest BCUT2D eigenvalue weighted by Gasteiger charge is 2.40. The van der Waals surface area contributed by atoms with Gasteiger partial charge in [-0.3, -0.25) is 4.79 Å². The lowest BCUT2D eigenvalue weighted by molar-refractivity contribution is 0.0593. The monoisotopic (exact) mass is 386 g/mol. The number of nitrogens with one attached hydrogen (secondary N) is 1. The third-order valence-electron chi connectivity index (χ3n) is 5.21. The maximum absolute atomic E-state index is 12.4. The number of amides is 1. The molecule has 2 aliphatic rings. The van der Waals surface area contributed by atoms with Crippen LogP contribution in [0.5, 0.6) is 0 Å². The van der Waals surface area contributed by atoms with Gasteiger partial charge in [-0.25, -0.2) is 9.78 Å². The molecule has 7 heteroatoms. The van der Waals surface area contributed by atoms with E-state index in [-0.39, 0.29) is 17.3 Å². The van der Waals surface area contributed by atoms with Gasteiger partial charge in [0.2, 0.25) is 0 Å². The van der Waals surface area contributed by atoms with Crippen molar-refractivity contribution in [2.45, 2.75) is 26.7 Å². The quantitative estimate of drug-likeness (QED) is 0.725. The third-order valence-corrected chi connectivity index (χ3v) is 5.21. The summed E-state index contributed by atoms with van der Waals surface area (Å²) in [7, 11) is 4.44. The second kappa shape index (κ2) is 7.66. The molecule has 0 spiro atoms. The van der Waals surface area contributed by atoms with Crippen molar-refractivity contribution in [3.8, 4) is 0 Å². The van der Waals surface area contributed by atoms with Crippen LogP contribution in [0.25, 0.3) is 5.57 Å². The Kier molecular flexibility index (Phi) is 5.45. The lowest BCUT2D eigenvalue weighted by Crippen LogP contribution is -2.27. The number of carbonyl (C=O) groups excluding carboxylic acids is 2. The van der Waals surface area contributed by atoms with Gasteiger partial charge in [0.05, 0.1) is 26.7 Å². The van der Waals surface area contributed by atoms with Gasteiger partial charge in [0.15, 0.2) is 11.5 Å². The van der Waals surface area contributed by atoms with Crippen LogP contribution in [0.15, 0.2) is 29.7 Å². The Morgan fingerprint density at radius 3 is 2.43 bits per heavy atom. The molecule has 1 aromatic heterocycles. The highest BCUT2D eigenvalue weighted by atomic mass is 16.5. The Bertz CT molecular complexity index is 866. The van der Waals surface area contributed by atoms with Crippen LogP contribution in [0.2, 0.25) is 0 Å². The molecule has 0 bridgehead atoms. The van der Waals surface area contributed by atoms with Crippen molar-refractivity contribution >= 4 is 17.4 Å². The van der Waals surface area contributed by atoms with Crippen LogP contribution in [0.3, 0.4) is 0 Å². The molecule has 1 aromatic rings. The smallest absolute Gasteiger partial charge is 0.357 e. The van der Waals surface area contributed by atoms with Gasteiger partial charge in [-0.05, 0) is 56.4 Å². The van der Waals surface area contributed by atoms with E-state index in [1.54, 1.807) is 26.4 Å². The van der Waals surface area contributed by atoms with Crippen LogP contribution >= 0.6 is 0 Å². The van der Waals surface area contributed by atoms with Crippen molar-refractivity contribution in [1.82, 2.24) is 10.3 Å². The first-order chi connectivity index (χ1) is 13.3. The highest BCUT2D eigenvalue weighted by molar-refractivity contribution is 5.98. The zero-order valence-electron chi connectivity index (χ0n) is 16.9. The van der Waals surface area contributed by atoms with Gasteiger partial charge in [-0.15, -0.1) is 0 Å². The largest absolute Gasteiger partial charge is 0.496 e. The van der Waals surface area contributed by atoms with Gasteiger partial charge in [-0.2, -0.15) is 0 Å². The average Bonchev–Trinajstić information content (AvgIpc) is 3.48. The van der Waals surface area contributed by atoms with Gasteiger partial charge >= 0.3 is 5.97 Å². The minimum absolute atomic E-state index is 0.0914. The second-order valence-corrected chi connectivity index (χ2v) is 7.52. The summed E-state index contributed by atoms with van der Waals surface area (Å²) in [5.74, 6) is 0.903. The summed E-state index contributed by atoms with van der Waals surface area (Å²) in [6.07, 6.45) is 4.11. The minimum Gasteiger partial charge on any atom is -0.496 e. The summed E-state index contributed by atoms with van der Waals surface area (Å²) in [6, 6.07) is 3.35. The number of methoxy groups -OCH3 is 3. The fourth-order valence-electron chi connectivity index (χ4n) is 3.43. The number of hydrogen-bond acceptors (Lipinski definition) is 6. The summed E-state index contributed by atoms with van der Waals surface area (Å²) in [4.78, 5) is 29.2. The molecule has 0 aliphatic heterocycles. The van der Waals surface area contributed by atoms with Crippen molar-refractivity contribution in [1.29, 1.82) is 0 Å². The average molecular weight is 386 g/mol. The molecular weight excluding hydrogens is 360 g/mol. The zero-order chi connectivity index (χ0) is 20.5. The number of allylic oxidation sites excluding steroid dienone is 2. The summed E-state index contributed by atoms with van der Waals surface area (Å²) in [6.45, 7) is 4.58. The van der Waals surface area contributed by atoms with E-state index >= 15 is 0 Å². The lowest BCUT2D eigenvalue weighted by atomic mass is 9.81. The van der Waals surface area contributed by atoms with Crippen molar-refractivity contribution in [2.24, 2.45) is 11.3 Å². The molecule has 2 aliphatic carbocycles. The summed E-state index contributed by atoms with van der Waals surface area (Å²) in [5, 5.41) is 2.87. The number of rotatable bonds is 7. The zero-order valence-corrected chi connectivity index (χ0v) is 16.9. The molecule has 1 saturated carbocycles. The van der Waals surface area contributed by atoms with Crippen LogP contribution < -0.4 is 5.32 Å². The summed E-state index contributed by atoms with van der Waals surface area (Å²) < 4.78 is 15.9. The Hall–Kier alpha value is -2.83. The molecule has 0 unspecified atom stereocenters. The van der Waals surface area contributed by atoms with E-state index in [0.717, 1.165) is 18.4 Å². The maximum atomic E-state index is 12.4. The summed E-state index contributed by atoms with van der Waals surface area (Å²) in [5.41, 5.74) is 1.12. The fourth-order valence-corrected chi connectivity index (χ4v) is 3.43. The van der Waals surface area contributed by atoms with Crippen LogP contribution in [0, 0.1) is 11.3 Å². The molecule has 1 amide bonds. The molecule has 1 fully saturated rings. The van der Waals surface area contributed by atoms with Gasteiger partial charge < -0.3 is 19.5 Å². The standard InChI is InChI=1S/C21H26N2O5/c1-21(2)14(10-16(26-3)18(21)27-4)13-8-9-15(23-17(13)20(25)28-5)19(24)22-11-12-6-7-12/h8-10,12H,6-7,11H2,1-5H3,(H,22,24). The van der Waals surface area contributed by atoms with E-state index in [4.69, 9.17) is 14.2 Å². The van der Waals surface area contributed by atoms with Crippen molar-refractivity contribution in [2.75, 3.05) is 27.9 Å². The molecule has 3 rings (SSSR count). The molecule has 0 aromatic carbocycles. The molecule has 1 N–H and O–H groups in total. The molecule has 1 heterocycles. The van der Waals surface area contributed by atoms with Crippen LogP contribution in [0.4, 0.5) is 0 Å². The van der Waals surface area contributed by atoms with Crippen molar-refractivity contribution < 1.29 is 23.8 Å². The van der Waals surface area contributed by atoms with E-state index < -0.39 is 11.4 Å². The number of pyridine rings is 1.